The Balaban J connectivity index is 1.24. The van der Waals surface area contributed by atoms with Crippen molar-refractivity contribution >= 4 is 52.0 Å². The molecule has 2 amide bonds. The lowest BCUT2D eigenvalue weighted by molar-refractivity contribution is -0.140. The van der Waals surface area contributed by atoms with Crippen LogP contribution in [0.2, 0.25) is 5.02 Å². The Hall–Kier alpha value is -4.43. The summed E-state index contributed by atoms with van der Waals surface area (Å²) in [5, 5.41) is 15.6. The van der Waals surface area contributed by atoms with Crippen molar-refractivity contribution in [2.75, 3.05) is 51.8 Å². The summed E-state index contributed by atoms with van der Waals surface area (Å²) in [6.07, 6.45) is 1.26. The predicted molar refractivity (Wildman–Crippen MR) is 174 cm³/mol. The number of carboxylic acids is 1. The molecule has 0 unspecified atom stereocenters. The van der Waals surface area contributed by atoms with Gasteiger partial charge in [0.25, 0.3) is 0 Å². The monoisotopic (exact) mass is 674 g/mol. The summed E-state index contributed by atoms with van der Waals surface area (Å²) in [6.45, 7) is 8.58. The zero-order chi connectivity index (χ0) is 34.1. The van der Waals surface area contributed by atoms with Crippen molar-refractivity contribution in [3.05, 3.63) is 47.5 Å². The highest BCUT2D eigenvalue weighted by atomic mass is 35.5. The average molecular weight is 675 g/mol. The fourth-order valence-corrected chi connectivity index (χ4v) is 5.15. The van der Waals surface area contributed by atoms with Gasteiger partial charge in [-0.25, -0.2) is 23.9 Å². The average Bonchev–Trinajstić information content (AvgIpc) is 3.02. The molecule has 0 saturated carbocycles. The Morgan fingerprint density at radius 2 is 1.83 bits per heavy atom. The predicted octanol–water partition coefficient (Wildman–Crippen LogP) is 4.85. The van der Waals surface area contributed by atoms with Gasteiger partial charge in [-0.05, 0) is 57.9 Å². The number of fused-ring (bicyclic) bond motifs is 1. The lowest BCUT2D eigenvalue weighted by Gasteiger charge is -2.35. The molecule has 4 rings (SSSR count). The number of hydrogen-bond donors (Lipinski definition) is 3. The van der Waals surface area contributed by atoms with Gasteiger partial charge in [0.2, 0.25) is 5.91 Å². The number of benzene rings is 2. The van der Waals surface area contributed by atoms with Crippen LogP contribution in [0.5, 0.6) is 11.5 Å². The molecule has 15 heteroatoms. The third-order valence-corrected chi connectivity index (χ3v) is 7.63. The molecular formula is C32H40ClFN6O7. The number of amides is 2. The maximum Gasteiger partial charge on any atom is 0.408 e. The summed E-state index contributed by atoms with van der Waals surface area (Å²) in [5.74, 6) is -0.364. The van der Waals surface area contributed by atoms with Gasteiger partial charge < -0.3 is 34.9 Å². The highest BCUT2D eigenvalue weighted by Gasteiger charge is 2.27. The molecule has 1 aromatic heterocycles. The molecule has 1 atom stereocenters. The summed E-state index contributed by atoms with van der Waals surface area (Å²) in [7, 11) is 1.55. The van der Waals surface area contributed by atoms with Gasteiger partial charge in [0.15, 0.2) is 11.5 Å². The highest BCUT2D eigenvalue weighted by Crippen LogP contribution is 2.35. The first kappa shape index (κ1) is 35.4. The second-order valence-corrected chi connectivity index (χ2v) is 12.4. The number of halogens is 2. The molecule has 3 aromatic rings. The molecule has 0 radical (unpaired) electrons. The number of nitrogens with one attached hydrogen (secondary N) is 2. The van der Waals surface area contributed by atoms with Crippen molar-refractivity contribution in [1.82, 2.24) is 25.1 Å². The smallest absolute Gasteiger partial charge is 0.408 e. The van der Waals surface area contributed by atoms with Crippen LogP contribution in [0.4, 0.5) is 20.7 Å². The number of hydrogen-bond acceptors (Lipinski definition) is 10. The summed E-state index contributed by atoms with van der Waals surface area (Å²) >= 11 is 5.93. The van der Waals surface area contributed by atoms with Crippen LogP contribution in [0.3, 0.4) is 0 Å². The van der Waals surface area contributed by atoms with Gasteiger partial charge in [0, 0.05) is 56.3 Å². The van der Waals surface area contributed by atoms with Crippen LogP contribution in [-0.4, -0.2) is 101 Å². The van der Waals surface area contributed by atoms with Gasteiger partial charge in [0.05, 0.1) is 24.3 Å². The maximum absolute atomic E-state index is 13.6. The van der Waals surface area contributed by atoms with Gasteiger partial charge >= 0.3 is 12.1 Å². The van der Waals surface area contributed by atoms with Crippen molar-refractivity contribution in [2.45, 2.75) is 51.7 Å². The molecule has 254 valence electrons. The normalized spacial score (nSPS) is 14.4. The first-order valence-corrected chi connectivity index (χ1v) is 15.6. The van der Waals surface area contributed by atoms with Crippen LogP contribution in [0, 0.1) is 5.82 Å². The van der Waals surface area contributed by atoms with E-state index in [0.29, 0.717) is 66.7 Å². The Morgan fingerprint density at radius 3 is 2.49 bits per heavy atom. The fourth-order valence-electron chi connectivity index (χ4n) is 4.97. The number of alkyl carbamates (subject to hydrolysis) is 1. The lowest BCUT2D eigenvalue weighted by atomic mass is 10.1. The zero-order valence-corrected chi connectivity index (χ0v) is 27.6. The molecule has 3 N–H and O–H groups in total. The number of carboxylic acid groups (broad SMARTS) is 1. The first-order valence-electron chi connectivity index (χ1n) is 15.2. The Labute approximate surface area is 277 Å². The van der Waals surface area contributed by atoms with E-state index >= 15 is 0 Å². The molecule has 0 bridgehead atoms. The minimum atomic E-state index is -1.22. The molecule has 0 aliphatic carbocycles. The first-order chi connectivity index (χ1) is 22.3. The molecule has 1 aliphatic heterocycles. The van der Waals surface area contributed by atoms with E-state index < -0.39 is 29.5 Å². The quantitative estimate of drug-likeness (QED) is 0.213. The second-order valence-electron chi connectivity index (χ2n) is 12.0. The van der Waals surface area contributed by atoms with E-state index in [4.69, 9.17) is 25.8 Å². The van der Waals surface area contributed by atoms with E-state index in [1.54, 1.807) is 51.0 Å². The number of carbonyl (C=O) groups excluding carboxylic acids is 2. The SMILES string of the molecule is COc1cc2ncnc(Nc3ccc(F)c(Cl)c3)c2cc1OCCCN1CCN(C(=O)CC[C@@H](NC(=O)OC(C)(C)C)C(=O)O)CC1. The number of nitrogens with zero attached hydrogens (tertiary/aromatic N) is 4. The standard InChI is InChI=1S/C32H40ClFN6O7/c1-32(2,3)47-31(44)38-24(30(42)43)8-9-28(41)40-13-11-39(12-14-40)10-5-15-46-27-17-21-25(18-26(27)45-4)35-19-36-29(21)37-20-6-7-23(34)22(33)16-20/h6-7,16-19,24H,5,8-15H2,1-4H3,(H,38,44)(H,42,43)(H,35,36,37)/t24-/m1/s1. The van der Waals surface area contributed by atoms with E-state index in [9.17, 15) is 23.9 Å². The fraction of sp³-hybridized carbons (Fsp3) is 0.469. The number of aromatic nitrogens is 2. The lowest BCUT2D eigenvalue weighted by Crippen LogP contribution is -2.49. The van der Waals surface area contributed by atoms with E-state index in [1.165, 1.54) is 18.5 Å². The van der Waals surface area contributed by atoms with E-state index in [2.05, 4.69) is 25.5 Å². The van der Waals surface area contributed by atoms with E-state index in [1.807, 2.05) is 0 Å². The minimum Gasteiger partial charge on any atom is -0.493 e. The van der Waals surface area contributed by atoms with Crippen molar-refractivity contribution in [2.24, 2.45) is 0 Å². The van der Waals surface area contributed by atoms with Gasteiger partial charge in [-0.2, -0.15) is 0 Å². The van der Waals surface area contributed by atoms with Crippen LogP contribution in [0.25, 0.3) is 10.9 Å². The molecule has 1 aliphatic rings. The molecule has 47 heavy (non-hydrogen) atoms. The molecular weight excluding hydrogens is 635 g/mol. The third kappa shape index (κ3) is 10.3. The Kier molecular flexibility index (Phi) is 12.0. The Bertz CT molecular complexity index is 1580. The summed E-state index contributed by atoms with van der Waals surface area (Å²) in [4.78, 5) is 49.0. The van der Waals surface area contributed by atoms with Crippen molar-refractivity contribution in [3.8, 4) is 11.5 Å². The van der Waals surface area contributed by atoms with Gasteiger partial charge in [0.1, 0.15) is 29.6 Å². The molecule has 1 saturated heterocycles. The zero-order valence-electron chi connectivity index (χ0n) is 26.8. The third-order valence-electron chi connectivity index (χ3n) is 7.34. The molecule has 1 fully saturated rings. The number of methoxy groups -OCH3 is 1. The number of piperazine rings is 1. The number of ether oxygens (including phenoxy) is 3. The Morgan fingerprint density at radius 1 is 1.09 bits per heavy atom. The van der Waals surface area contributed by atoms with Crippen molar-refractivity contribution in [3.63, 3.8) is 0 Å². The summed E-state index contributed by atoms with van der Waals surface area (Å²) < 4.78 is 30.4. The molecule has 0 spiro atoms. The molecule has 2 aromatic carbocycles. The number of anilines is 2. The highest BCUT2D eigenvalue weighted by molar-refractivity contribution is 6.31. The maximum atomic E-state index is 13.6. The van der Waals surface area contributed by atoms with Crippen LogP contribution in [0.1, 0.15) is 40.0 Å². The van der Waals surface area contributed by atoms with E-state index in [-0.39, 0.29) is 23.8 Å². The van der Waals surface area contributed by atoms with Gasteiger partial charge in [-0.3, -0.25) is 9.69 Å². The topological polar surface area (TPSA) is 155 Å². The van der Waals surface area contributed by atoms with Crippen LogP contribution < -0.4 is 20.1 Å². The minimum absolute atomic E-state index is 0.00584. The number of carbonyl (C=O) groups is 3. The molecule has 2 heterocycles. The number of rotatable bonds is 13. The van der Waals surface area contributed by atoms with Gasteiger partial charge in [-0.1, -0.05) is 11.6 Å². The number of aliphatic carboxylic acids is 1. The van der Waals surface area contributed by atoms with Gasteiger partial charge in [-0.15, -0.1) is 0 Å². The van der Waals surface area contributed by atoms with Crippen LogP contribution >= 0.6 is 11.6 Å². The van der Waals surface area contributed by atoms with Crippen LogP contribution in [0.15, 0.2) is 36.7 Å². The van der Waals surface area contributed by atoms with Crippen LogP contribution in [-0.2, 0) is 14.3 Å². The van der Waals surface area contributed by atoms with Crippen molar-refractivity contribution < 1.29 is 38.1 Å². The van der Waals surface area contributed by atoms with E-state index in [0.717, 1.165) is 13.0 Å². The van der Waals surface area contributed by atoms with Crippen molar-refractivity contribution in [1.29, 1.82) is 0 Å². The molecule has 13 nitrogen and oxygen atoms in total. The summed E-state index contributed by atoms with van der Waals surface area (Å²) in [6, 6.07) is 6.65. The largest absolute Gasteiger partial charge is 0.493 e. The summed E-state index contributed by atoms with van der Waals surface area (Å²) in [5.41, 5.74) is 0.430. The second kappa shape index (κ2) is 15.9.